The summed E-state index contributed by atoms with van der Waals surface area (Å²) in [7, 11) is 1.49. The molecule has 0 radical (unpaired) electrons. The number of hydrogen-bond acceptors (Lipinski definition) is 5. The number of nitrogens with zero attached hydrogens (tertiary/aromatic N) is 1. The molecule has 0 aliphatic heterocycles. The van der Waals surface area contributed by atoms with Gasteiger partial charge < -0.3 is 15.6 Å². The Morgan fingerprint density at radius 1 is 1.24 bits per heavy atom. The molecular formula is C20H26N2O2S. The second-order valence-corrected chi connectivity index (χ2v) is 5.26. The lowest BCUT2D eigenvalue weighted by Gasteiger charge is -2.02. The van der Waals surface area contributed by atoms with Gasteiger partial charge in [0.2, 0.25) is 0 Å². The minimum Gasteiger partial charge on any atom is -0.509 e. The quantitative estimate of drug-likeness (QED) is 0.161. The smallest absolute Gasteiger partial charge is 0.156 e. The van der Waals surface area contributed by atoms with Gasteiger partial charge in [-0.05, 0) is 36.8 Å². The number of methoxy groups -OCH3 is 1. The third kappa shape index (κ3) is 10.7. The van der Waals surface area contributed by atoms with Crippen molar-refractivity contribution in [2.24, 2.45) is 4.99 Å². The molecular weight excluding hydrogens is 332 g/mol. The molecule has 0 bridgehead atoms. The van der Waals surface area contributed by atoms with E-state index in [4.69, 9.17) is 10.5 Å². The Morgan fingerprint density at radius 2 is 1.88 bits per heavy atom. The normalized spacial score (nSPS) is 13.0. The second-order valence-electron chi connectivity index (χ2n) is 4.69. The van der Waals surface area contributed by atoms with Gasteiger partial charge in [0, 0.05) is 16.8 Å². The van der Waals surface area contributed by atoms with Crippen molar-refractivity contribution >= 4 is 30.6 Å². The fourth-order valence-corrected chi connectivity index (χ4v) is 1.80. The summed E-state index contributed by atoms with van der Waals surface area (Å²) in [5.74, 6) is 0.489. The van der Waals surface area contributed by atoms with Gasteiger partial charge in [-0.3, -0.25) is 4.99 Å². The maximum absolute atomic E-state index is 9.35. The van der Waals surface area contributed by atoms with E-state index < -0.39 is 0 Å². The number of hydrogen-bond donors (Lipinski definition) is 3. The molecule has 0 atom stereocenters. The number of ether oxygens (including phenoxy) is 1. The van der Waals surface area contributed by atoms with Gasteiger partial charge >= 0.3 is 0 Å². The van der Waals surface area contributed by atoms with Crippen LogP contribution in [0.5, 0.6) is 0 Å². The average Bonchev–Trinajstić information content (AvgIpc) is 2.61. The first-order valence-electron chi connectivity index (χ1n) is 7.55. The summed E-state index contributed by atoms with van der Waals surface area (Å²) in [6.45, 7) is 7.96. The van der Waals surface area contributed by atoms with Crippen molar-refractivity contribution in [2.75, 3.05) is 19.4 Å². The van der Waals surface area contributed by atoms with Gasteiger partial charge in [0.25, 0.3) is 0 Å². The highest BCUT2D eigenvalue weighted by Crippen LogP contribution is 2.10. The van der Waals surface area contributed by atoms with Crippen LogP contribution >= 0.6 is 12.6 Å². The van der Waals surface area contributed by atoms with E-state index in [1.807, 2.05) is 48.6 Å². The molecule has 25 heavy (non-hydrogen) atoms. The number of nitrogen functional groups attached to an aromatic ring is 1. The van der Waals surface area contributed by atoms with E-state index >= 15 is 0 Å². The van der Waals surface area contributed by atoms with Gasteiger partial charge in [-0.25, -0.2) is 0 Å². The summed E-state index contributed by atoms with van der Waals surface area (Å²) in [6.07, 6.45) is 11.0. The Kier molecular flexibility index (Phi) is 12.3. The molecule has 3 N–H and O–H groups in total. The first-order chi connectivity index (χ1) is 12.0. The van der Waals surface area contributed by atoms with Crippen LogP contribution in [-0.4, -0.2) is 25.0 Å². The summed E-state index contributed by atoms with van der Waals surface area (Å²) in [5, 5.41) is 9.35. The molecule has 0 spiro atoms. The Morgan fingerprint density at radius 3 is 2.44 bits per heavy atom. The van der Waals surface area contributed by atoms with E-state index in [0.29, 0.717) is 17.2 Å². The summed E-state index contributed by atoms with van der Waals surface area (Å²) >= 11 is 4.29. The van der Waals surface area contributed by atoms with Crippen molar-refractivity contribution in [1.29, 1.82) is 0 Å². The number of benzene rings is 1. The molecule has 0 amide bonds. The lowest BCUT2D eigenvalue weighted by Crippen LogP contribution is -1.90. The van der Waals surface area contributed by atoms with Gasteiger partial charge in [-0.1, -0.05) is 30.4 Å². The molecule has 0 saturated heterocycles. The highest BCUT2D eigenvalue weighted by Gasteiger charge is 1.98. The highest BCUT2D eigenvalue weighted by atomic mass is 32.1. The predicted octanol–water partition coefficient (Wildman–Crippen LogP) is 4.96. The van der Waals surface area contributed by atoms with Crippen LogP contribution in [0.4, 0.5) is 5.69 Å². The van der Waals surface area contributed by atoms with Crippen LogP contribution in [0, 0.1) is 0 Å². The third-order valence-corrected chi connectivity index (χ3v) is 3.04. The monoisotopic (exact) mass is 358 g/mol. The van der Waals surface area contributed by atoms with Gasteiger partial charge in [0.05, 0.1) is 13.7 Å². The number of nitrogens with two attached hydrogens (primary N) is 1. The van der Waals surface area contributed by atoms with Crippen LogP contribution < -0.4 is 5.73 Å². The molecule has 1 rings (SSSR count). The number of aliphatic imine (C=N–C) groups is 1. The fourth-order valence-electron chi connectivity index (χ4n) is 1.60. The molecule has 0 aromatic heterocycles. The van der Waals surface area contributed by atoms with E-state index in [1.165, 1.54) is 7.11 Å². The van der Waals surface area contributed by atoms with Gasteiger partial charge in [-0.15, -0.1) is 25.8 Å². The maximum atomic E-state index is 9.35. The van der Waals surface area contributed by atoms with Gasteiger partial charge in [-0.2, -0.15) is 0 Å². The summed E-state index contributed by atoms with van der Waals surface area (Å²) in [5.41, 5.74) is 7.46. The fraction of sp³-hybridized carbons (Fsp3) is 0.150. The average molecular weight is 359 g/mol. The maximum Gasteiger partial charge on any atom is 0.156 e. The molecule has 1 aromatic rings. The molecule has 134 valence electrons. The van der Waals surface area contributed by atoms with Crippen molar-refractivity contribution in [3.63, 3.8) is 0 Å². The molecule has 0 saturated carbocycles. The molecule has 0 heterocycles. The van der Waals surface area contributed by atoms with Crippen LogP contribution in [-0.2, 0) is 4.74 Å². The zero-order valence-corrected chi connectivity index (χ0v) is 15.6. The van der Waals surface area contributed by atoms with Crippen LogP contribution in [0.1, 0.15) is 12.5 Å². The Hall–Kier alpha value is -2.66. The zero-order chi connectivity index (χ0) is 19.1. The van der Waals surface area contributed by atoms with Crippen molar-refractivity contribution < 1.29 is 9.84 Å². The summed E-state index contributed by atoms with van der Waals surface area (Å²) < 4.78 is 5.01. The van der Waals surface area contributed by atoms with E-state index in [-0.39, 0.29) is 5.76 Å². The minimum atomic E-state index is 0.107. The predicted molar refractivity (Wildman–Crippen MR) is 113 cm³/mol. The Balaban J connectivity index is 0.00000277. The number of rotatable bonds is 7. The van der Waals surface area contributed by atoms with Crippen LogP contribution in [0.15, 0.2) is 83.1 Å². The molecule has 0 unspecified atom stereocenters. The zero-order valence-electron chi connectivity index (χ0n) is 14.7. The SMILES string of the molecule is C=C.COC(/C=C(/S)CN=C/C=C/C=C/c1ccc(N)cc1)=C(/C)O. The van der Waals surface area contributed by atoms with Crippen LogP contribution in [0.2, 0.25) is 0 Å². The molecule has 1 aromatic carbocycles. The first-order valence-corrected chi connectivity index (χ1v) is 7.99. The van der Waals surface area contributed by atoms with E-state index in [0.717, 1.165) is 11.3 Å². The van der Waals surface area contributed by atoms with Gasteiger partial charge in [0.1, 0.15) is 5.76 Å². The van der Waals surface area contributed by atoms with Crippen molar-refractivity contribution in [2.45, 2.75) is 6.92 Å². The number of thiol groups is 1. The second kappa shape index (κ2) is 13.7. The molecule has 0 aliphatic rings. The van der Waals surface area contributed by atoms with Crippen LogP contribution in [0.3, 0.4) is 0 Å². The molecule has 0 fully saturated rings. The Labute approximate surface area is 155 Å². The first kappa shape index (κ1) is 22.3. The minimum absolute atomic E-state index is 0.107. The lowest BCUT2D eigenvalue weighted by molar-refractivity contribution is 0.269. The van der Waals surface area contributed by atoms with Crippen LogP contribution in [0.25, 0.3) is 6.08 Å². The number of allylic oxidation sites excluding steroid dienone is 5. The molecule has 5 heteroatoms. The highest BCUT2D eigenvalue weighted by molar-refractivity contribution is 7.84. The number of aliphatic hydroxyl groups is 1. The third-order valence-electron chi connectivity index (χ3n) is 2.77. The summed E-state index contributed by atoms with van der Waals surface area (Å²) in [4.78, 5) is 4.90. The Bertz CT molecular complexity index is 653. The lowest BCUT2D eigenvalue weighted by atomic mass is 10.2. The van der Waals surface area contributed by atoms with Crippen molar-refractivity contribution in [3.8, 4) is 0 Å². The van der Waals surface area contributed by atoms with E-state index in [1.54, 1.807) is 19.2 Å². The topological polar surface area (TPSA) is 67.8 Å². The van der Waals surface area contributed by atoms with Gasteiger partial charge in [0.15, 0.2) is 5.76 Å². The number of aliphatic hydroxyl groups excluding tert-OH is 1. The van der Waals surface area contributed by atoms with Crippen molar-refractivity contribution in [3.05, 3.63) is 83.7 Å². The molecule has 4 nitrogen and oxygen atoms in total. The molecule has 0 aliphatic carbocycles. The largest absolute Gasteiger partial charge is 0.509 e. The van der Waals surface area contributed by atoms with E-state index in [9.17, 15) is 5.11 Å². The van der Waals surface area contributed by atoms with E-state index in [2.05, 4.69) is 30.8 Å². The summed E-state index contributed by atoms with van der Waals surface area (Å²) in [6, 6.07) is 7.63. The van der Waals surface area contributed by atoms with Crippen molar-refractivity contribution in [1.82, 2.24) is 0 Å². The standard InChI is InChI=1S/C18H22N2O2S.C2H4/c1-14(21)18(22-2)12-17(23)13-20-11-5-3-4-6-15-7-9-16(19)10-8-15;1-2/h3-12,21,23H,13,19H2,1-2H3;1-2H2/b5-3+,6-4+,17-12+,18-14-,20-11?;. The number of anilines is 1.